The van der Waals surface area contributed by atoms with Gasteiger partial charge >= 0.3 is 0 Å². The Morgan fingerprint density at radius 3 is 2.02 bits per heavy atom. The molecule has 3 heteroatoms. The van der Waals surface area contributed by atoms with Crippen LogP contribution in [-0.2, 0) is 45.8 Å². The zero-order chi connectivity index (χ0) is 31.7. The third-order valence-corrected chi connectivity index (χ3v) is 8.78. The summed E-state index contributed by atoms with van der Waals surface area (Å²) in [5.41, 5.74) is 15.1. The number of pyridine rings is 2. The molecule has 2 nitrogen and oxygen atoms in total. The minimum atomic E-state index is 0. The van der Waals surface area contributed by atoms with Gasteiger partial charge in [-0.25, -0.2) is 0 Å². The fourth-order valence-corrected chi connectivity index (χ4v) is 6.30. The van der Waals surface area contributed by atoms with E-state index in [0.717, 1.165) is 47.5 Å². The van der Waals surface area contributed by atoms with Crippen LogP contribution in [0.15, 0.2) is 121 Å². The average Bonchev–Trinajstić information content (AvgIpc) is 3.11. The summed E-state index contributed by atoms with van der Waals surface area (Å²) in [4.78, 5) is 9.04. The number of nitrogens with zero attached hydrogens (tertiary/aromatic N) is 2. The maximum absolute atomic E-state index is 4.63. The van der Waals surface area contributed by atoms with E-state index in [1.807, 2.05) is 73.8 Å². The van der Waals surface area contributed by atoms with Crippen molar-refractivity contribution < 1.29 is 20.1 Å². The Labute approximate surface area is 294 Å². The molecule has 0 unspecified atom stereocenters. The monoisotopic (exact) mass is 791 g/mol. The van der Waals surface area contributed by atoms with Gasteiger partial charge in [-0.3, -0.25) is 0 Å². The van der Waals surface area contributed by atoms with E-state index < -0.39 is 0 Å². The van der Waals surface area contributed by atoms with Crippen LogP contribution < -0.4 is 0 Å². The summed E-state index contributed by atoms with van der Waals surface area (Å²) < 4.78 is 0. The van der Waals surface area contributed by atoms with Crippen LogP contribution >= 0.6 is 0 Å². The summed E-state index contributed by atoms with van der Waals surface area (Å²) in [6, 6.07) is 47.2. The molecule has 0 atom stereocenters. The standard InChI is InChI=1S/C32H32N.C12H10N.Ir/c1-23(2)30-20-25-13-15-26(30)9-7-6-8-24-12-16-27(17-14-25)31(21-24)29-18-19-33-32(22-29)28-10-4-3-5-11-28;1-10-6-5-9-12(13-10)11-7-3-2-4-8-11;/h3-5,10,12-13,15-16,18-23H,6-9,14,17H2,1-2H3;2-7,9H,1H3;/q2*-1;. The van der Waals surface area contributed by atoms with E-state index in [4.69, 9.17) is 0 Å². The third-order valence-electron chi connectivity index (χ3n) is 8.78. The molecule has 0 spiro atoms. The summed E-state index contributed by atoms with van der Waals surface area (Å²) in [6.45, 7) is 6.65. The quantitative estimate of drug-likeness (QED) is 0.166. The summed E-state index contributed by atoms with van der Waals surface area (Å²) in [5.74, 6) is 0.576. The fraction of sp³-hybridized carbons (Fsp3) is 0.227. The smallest absolute Gasteiger partial charge is 0.0266 e. The fourth-order valence-electron chi connectivity index (χ4n) is 6.30. The van der Waals surface area contributed by atoms with Crippen molar-refractivity contribution in [3.05, 3.63) is 167 Å². The second kappa shape index (κ2) is 16.6. The molecule has 4 aliphatic rings. The molecule has 239 valence electrons. The van der Waals surface area contributed by atoms with Crippen molar-refractivity contribution >= 4 is 0 Å². The molecule has 2 aromatic heterocycles. The van der Waals surface area contributed by atoms with Gasteiger partial charge in [-0.2, -0.15) is 0 Å². The Kier molecular flexibility index (Phi) is 12.1. The Bertz CT molecular complexity index is 1880. The molecule has 0 N–H and O–H groups in total. The second-order valence-electron chi connectivity index (χ2n) is 12.5. The number of hydrogen-bond acceptors (Lipinski definition) is 2. The van der Waals surface area contributed by atoms with E-state index in [2.05, 4.69) is 90.5 Å². The molecular weight excluding hydrogens is 749 g/mol. The molecule has 0 amide bonds. The molecule has 4 bridgehead atoms. The molecule has 0 aliphatic heterocycles. The first-order valence-corrected chi connectivity index (χ1v) is 16.6. The van der Waals surface area contributed by atoms with Gasteiger partial charge < -0.3 is 9.97 Å². The van der Waals surface area contributed by atoms with Gasteiger partial charge in [0.1, 0.15) is 0 Å². The first-order valence-electron chi connectivity index (χ1n) is 16.6. The Morgan fingerprint density at radius 2 is 1.32 bits per heavy atom. The van der Waals surface area contributed by atoms with Crippen molar-refractivity contribution in [2.45, 2.75) is 65.2 Å². The van der Waals surface area contributed by atoms with Crippen molar-refractivity contribution in [3.63, 3.8) is 0 Å². The maximum atomic E-state index is 4.63. The number of benzene rings is 4. The van der Waals surface area contributed by atoms with E-state index in [-0.39, 0.29) is 20.1 Å². The molecule has 0 fully saturated rings. The van der Waals surface area contributed by atoms with Gasteiger partial charge in [0.05, 0.1) is 0 Å². The summed E-state index contributed by atoms with van der Waals surface area (Å²) in [5, 5.41) is 0. The molecule has 4 aliphatic carbocycles. The molecule has 1 radical (unpaired) electrons. The van der Waals surface area contributed by atoms with Gasteiger partial charge in [0.25, 0.3) is 0 Å². The van der Waals surface area contributed by atoms with Crippen LogP contribution in [0.5, 0.6) is 0 Å². The predicted octanol–water partition coefficient (Wildman–Crippen LogP) is 10.9. The number of aryl methyl sites for hydroxylation is 5. The van der Waals surface area contributed by atoms with Crippen LogP contribution in [-0.4, -0.2) is 9.97 Å². The largest absolute Gasteiger partial charge is 0.305 e. The van der Waals surface area contributed by atoms with Crippen molar-refractivity contribution in [2.24, 2.45) is 0 Å². The van der Waals surface area contributed by atoms with Crippen molar-refractivity contribution in [2.75, 3.05) is 0 Å². The maximum Gasteiger partial charge on any atom is 0.0266 e. The number of hydrogen-bond donors (Lipinski definition) is 0. The number of rotatable bonds is 4. The molecule has 10 rings (SSSR count). The first-order chi connectivity index (χ1) is 22.5. The molecule has 4 aromatic carbocycles. The summed E-state index contributed by atoms with van der Waals surface area (Å²) in [7, 11) is 0. The average molecular weight is 791 g/mol. The second-order valence-corrected chi connectivity index (χ2v) is 12.5. The van der Waals surface area contributed by atoms with Crippen LogP contribution in [0.2, 0.25) is 0 Å². The summed E-state index contributed by atoms with van der Waals surface area (Å²) >= 11 is 0. The van der Waals surface area contributed by atoms with Gasteiger partial charge in [-0.1, -0.05) is 68.4 Å². The van der Waals surface area contributed by atoms with Crippen LogP contribution in [0.1, 0.15) is 66.1 Å². The predicted molar refractivity (Wildman–Crippen MR) is 192 cm³/mol. The molecule has 0 saturated carbocycles. The Balaban J connectivity index is 0.000000260. The molecular formula is C44H42IrN2-2. The molecule has 2 heterocycles. The van der Waals surface area contributed by atoms with E-state index >= 15 is 0 Å². The van der Waals surface area contributed by atoms with Crippen molar-refractivity contribution in [1.82, 2.24) is 9.97 Å². The van der Waals surface area contributed by atoms with Crippen LogP contribution in [0.4, 0.5) is 0 Å². The van der Waals surface area contributed by atoms with Crippen molar-refractivity contribution in [3.8, 4) is 33.6 Å². The Hall–Kier alpha value is -4.17. The van der Waals surface area contributed by atoms with Gasteiger partial charge in [-0.15, -0.1) is 71.8 Å². The molecule has 0 saturated heterocycles. The van der Waals surface area contributed by atoms with Gasteiger partial charge in [0, 0.05) is 32.0 Å². The van der Waals surface area contributed by atoms with Gasteiger partial charge in [0.15, 0.2) is 0 Å². The SMILES string of the molecule is CC(C)c1cc2ccc1CCCCc1ccc(c(-c3ccnc(-c4[c-]cccc4)c3)c1)CC2.Cc1cccc(-c2[c-]cccc2)n1.[Ir]. The van der Waals surface area contributed by atoms with Gasteiger partial charge in [0.2, 0.25) is 0 Å². The first kappa shape index (κ1) is 34.2. The minimum Gasteiger partial charge on any atom is -0.305 e. The van der Waals surface area contributed by atoms with Crippen LogP contribution in [0.3, 0.4) is 0 Å². The molecule has 47 heavy (non-hydrogen) atoms. The van der Waals surface area contributed by atoms with Gasteiger partial charge in [-0.05, 0) is 114 Å². The summed E-state index contributed by atoms with van der Waals surface area (Å²) in [6.07, 6.45) is 8.82. The third kappa shape index (κ3) is 9.01. The topological polar surface area (TPSA) is 25.8 Å². The van der Waals surface area contributed by atoms with Crippen LogP contribution in [0.25, 0.3) is 33.6 Å². The van der Waals surface area contributed by atoms with E-state index in [1.54, 1.807) is 5.56 Å². The van der Waals surface area contributed by atoms with E-state index in [9.17, 15) is 0 Å². The zero-order valence-corrected chi connectivity index (χ0v) is 30.0. The molecule has 6 aromatic rings. The zero-order valence-electron chi connectivity index (χ0n) is 27.6. The van der Waals surface area contributed by atoms with E-state index in [0.29, 0.717) is 5.92 Å². The minimum absolute atomic E-state index is 0. The number of aromatic nitrogens is 2. The van der Waals surface area contributed by atoms with Crippen LogP contribution in [0, 0.1) is 19.1 Å². The normalized spacial score (nSPS) is 12.5. The van der Waals surface area contributed by atoms with E-state index in [1.165, 1.54) is 52.6 Å². The van der Waals surface area contributed by atoms with Crippen molar-refractivity contribution in [1.29, 1.82) is 0 Å². The Morgan fingerprint density at radius 1 is 0.617 bits per heavy atom.